The van der Waals surface area contributed by atoms with Crippen molar-refractivity contribution in [1.82, 2.24) is 5.43 Å². The molecule has 126 valence electrons. The molecule has 0 heterocycles. The van der Waals surface area contributed by atoms with Crippen LogP contribution in [0.1, 0.15) is 35.3 Å². The van der Waals surface area contributed by atoms with Crippen LogP contribution >= 0.6 is 15.9 Å². The van der Waals surface area contributed by atoms with Crippen LogP contribution in [0.3, 0.4) is 0 Å². The molecule has 0 atom stereocenters. The summed E-state index contributed by atoms with van der Waals surface area (Å²) < 4.78 is 6.32. The summed E-state index contributed by atoms with van der Waals surface area (Å²) in [6.45, 7) is 4.46. The number of rotatable bonds is 6. The predicted octanol–water partition coefficient (Wildman–Crippen LogP) is 3.84. The third-order valence-electron chi connectivity index (χ3n) is 3.16. The fourth-order valence-electron chi connectivity index (χ4n) is 1.87. The first kappa shape index (κ1) is 18.2. The van der Waals surface area contributed by atoms with Crippen LogP contribution in [0.4, 0.5) is 0 Å². The zero-order valence-electron chi connectivity index (χ0n) is 13.5. The molecule has 0 spiro atoms. The molecule has 0 radical (unpaired) electrons. The number of halogens is 1. The monoisotopic (exact) mass is 390 g/mol. The van der Waals surface area contributed by atoms with Crippen LogP contribution in [0.2, 0.25) is 0 Å². The number of ether oxygens (including phenoxy) is 1. The van der Waals surface area contributed by atoms with Crippen LogP contribution in [0.15, 0.2) is 52.0 Å². The highest BCUT2D eigenvalue weighted by Gasteiger charge is 2.05. The first-order valence-electron chi connectivity index (χ1n) is 7.48. The molecule has 2 rings (SSSR count). The molecule has 0 saturated heterocycles. The largest absolute Gasteiger partial charge is 0.507 e. The third-order valence-corrected chi connectivity index (χ3v) is 3.65. The molecule has 0 saturated carbocycles. The molecule has 0 aliphatic carbocycles. The molecule has 0 aromatic heterocycles. The summed E-state index contributed by atoms with van der Waals surface area (Å²) in [7, 11) is 0. The number of hydrogen-bond donors (Lipinski definition) is 2. The van der Waals surface area contributed by atoms with Gasteiger partial charge in [-0.15, -0.1) is 0 Å². The summed E-state index contributed by atoms with van der Waals surface area (Å²) in [6.07, 6.45) is 1.56. The second kappa shape index (κ2) is 8.61. The van der Waals surface area contributed by atoms with Crippen molar-refractivity contribution in [3.8, 4) is 5.75 Å². The highest BCUT2D eigenvalue weighted by molar-refractivity contribution is 9.10. The zero-order valence-corrected chi connectivity index (χ0v) is 15.1. The maximum atomic E-state index is 12.0. The van der Waals surface area contributed by atoms with Crippen molar-refractivity contribution in [3.05, 3.63) is 63.6 Å². The fourth-order valence-corrected chi connectivity index (χ4v) is 2.25. The molecule has 6 heteroatoms. The van der Waals surface area contributed by atoms with Crippen molar-refractivity contribution in [2.45, 2.75) is 26.6 Å². The fraction of sp³-hybridized carbons (Fsp3) is 0.222. The lowest BCUT2D eigenvalue weighted by atomic mass is 10.1. The van der Waals surface area contributed by atoms with Crippen molar-refractivity contribution in [2.75, 3.05) is 0 Å². The second-order valence-corrected chi connectivity index (χ2v) is 6.37. The van der Waals surface area contributed by atoms with Gasteiger partial charge in [-0.1, -0.05) is 28.1 Å². The van der Waals surface area contributed by atoms with Crippen LogP contribution in [0.5, 0.6) is 5.75 Å². The predicted molar refractivity (Wildman–Crippen MR) is 97.2 cm³/mol. The molecule has 24 heavy (non-hydrogen) atoms. The first-order chi connectivity index (χ1) is 11.5. The van der Waals surface area contributed by atoms with E-state index in [1.807, 2.05) is 26.0 Å². The van der Waals surface area contributed by atoms with Crippen LogP contribution in [-0.4, -0.2) is 23.3 Å². The van der Waals surface area contributed by atoms with Crippen molar-refractivity contribution < 1.29 is 14.6 Å². The molecule has 2 N–H and O–H groups in total. The number of hydrazone groups is 1. The lowest BCUT2D eigenvalue weighted by Crippen LogP contribution is -2.17. The van der Waals surface area contributed by atoms with Gasteiger partial charge >= 0.3 is 0 Å². The highest BCUT2D eigenvalue weighted by atomic mass is 79.9. The molecule has 0 aliphatic heterocycles. The number of benzene rings is 2. The Morgan fingerprint density at radius 1 is 1.29 bits per heavy atom. The van der Waals surface area contributed by atoms with E-state index < -0.39 is 0 Å². The van der Waals surface area contributed by atoms with E-state index in [2.05, 4.69) is 26.5 Å². The van der Waals surface area contributed by atoms with Gasteiger partial charge < -0.3 is 9.84 Å². The summed E-state index contributed by atoms with van der Waals surface area (Å²) in [4.78, 5) is 12.0. The lowest BCUT2D eigenvalue weighted by molar-refractivity contribution is 0.0657. The average molecular weight is 391 g/mol. The Hall–Kier alpha value is -2.18. The van der Waals surface area contributed by atoms with E-state index >= 15 is 0 Å². The molecule has 2 aromatic rings. The van der Waals surface area contributed by atoms with E-state index in [0.29, 0.717) is 17.7 Å². The van der Waals surface area contributed by atoms with Gasteiger partial charge in [0, 0.05) is 15.6 Å². The van der Waals surface area contributed by atoms with Crippen LogP contribution < -0.4 is 5.43 Å². The minimum Gasteiger partial charge on any atom is -0.507 e. The van der Waals surface area contributed by atoms with Crippen LogP contribution in [-0.2, 0) is 11.3 Å². The van der Waals surface area contributed by atoms with E-state index in [0.717, 1.165) is 10.0 Å². The number of amides is 1. The van der Waals surface area contributed by atoms with Crippen molar-refractivity contribution in [1.29, 1.82) is 0 Å². The van der Waals surface area contributed by atoms with Gasteiger partial charge in [0.1, 0.15) is 5.75 Å². The minimum absolute atomic E-state index is 0.0886. The quantitative estimate of drug-likeness (QED) is 0.581. The number of phenolic OH excluding ortho intramolecular Hbond substituents is 1. The Labute approximate surface area is 149 Å². The van der Waals surface area contributed by atoms with Gasteiger partial charge in [0.15, 0.2) is 0 Å². The van der Waals surface area contributed by atoms with Crippen LogP contribution in [0, 0.1) is 0 Å². The van der Waals surface area contributed by atoms with E-state index in [1.54, 1.807) is 30.3 Å². The molecular weight excluding hydrogens is 372 g/mol. The molecule has 1 amide bonds. The highest BCUT2D eigenvalue weighted by Crippen LogP contribution is 2.19. The van der Waals surface area contributed by atoms with E-state index in [4.69, 9.17) is 4.74 Å². The minimum atomic E-state index is -0.322. The van der Waals surface area contributed by atoms with E-state index in [9.17, 15) is 9.90 Å². The Balaban J connectivity index is 1.94. The zero-order chi connectivity index (χ0) is 17.5. The van der Waals surface area contributed by atoms with Crippen molar-refractivity contribution >= 4 is 28.1 Å². The lowest BCUT2D eigenvalue weighted by Gasteiger charge is -2.07. The Kier molecular flexibility index (Phi) is 6.52. The number of carbonyl (C=O) groups is 1. The number of aromatic hydroxyl groups is 1. The average Bonchev–Trinajstić information content (AvgIpc) is 2.56. The molecule has 0 bridgehead atoms. The topological polar surface area (TPSA) is 70.9 Å². The maximum absolute atomic E-state index is 12.0. The number of nitrogens with one attached hydrogen (secondary N) is 1. The first-order valence-corrected chi connectivity index (χ1v) is 8.27. The smallest absolute Gasteiger partial charge is 0.271 e. The van der Waals surface area contributed by atoms with Gasteiger partial charge in [-0.25, -0.2) is 5.43 Å². The van der Waals surface area contributed by atoms with Gasteiger partial charge in [0.2, 0.25) is 0 Å². The summed E-state index contributed by atoms with van der Waals surface area (Å²) in [6, 6.07) is 12.1. The molecule has 5 nitrogen and oxygen atoms in total. The number of nitrogens with zero attached hydrogens (tertiary/aromatic N) is 1. The Morgan fingerprint density at radius 2 is 2.00 bits per heavy atom. The summed E-state index contributed by atoms with van der Waals surface area (Å²) in [5.74, 6) is -0.234. The summed E-state index contributed by atoms with van der Waals surface area (Å²) in [5.41, 5.74) is 4.44. The summed E-state index contributed by atoms with van der Waals surface area (Å²) in [5, 5.41) is 13.6. The molecule has 2 aromatic carbocycles. The van der Waals surface area contributed by atoms with E-state index in [1.165, 1.54) is 6.21 Å². The van der Waals surface area contributed by atoms with E-state index in [-0.39, 0.29) is 17.8 Å². The SMILES string of the molecule is CC(C)OCc1ccc(C(=O)N/N=C/c2cc(Br)ccc2O)cc1. The van der Waals surface area contributed by atoms with Crippen molar-refractivity contribution in [3.63, 3.8) is 0 Å². The maximum Gasteiger partial charge on any atom is 0.271 e. The van der Waals surface area contributed by atoms with Gasteiger partial charge in [0.25, 0.3) is 5.91 Å². The van der Waals surface area contributed by atoms with Gasteiger partial charge in [-0.2, -0.15) is 5.10 Å². The van der Waals surface area contributed by atoms with Gasteiger partial charge in [0.05, 0.1) is 18.9 Å². The third kappa shape index (κ3) is 5.47. The van der Waals surface area contributed by atoms with Gasteiger partial charge in [-0.05, 0) is 49.7 Å². The number of hydrogen-bond acceptors (Lipinski definition) is 4. The molecule has 0 unspecified atom stereocenters. The van der Waals surface area contributed by atoms with Crippen LogP contribution in [0.25, 0.3) is 0 Å². The summed E-state index contributed by atoms with van der Waals surface area (Å²) >= 11 is 3.31. The molecular formula is C18H19BrN2O3. The number of phenols is 1. The van der Waals surface area contributed by atoms with Gasteiger partial charge in [-0.3, -0.25) is 4.79 Å². The Bertz CT molecular complexity index is 728. The Morgan fingerprint density at radius 3 is 2.67 bits per heavy atom. The standard InChI is InChI=1S/C18H19BrN2O3/c1-12(2)24-11-13-3-5-14(6-4-13)18(23)21-20-10-15-9-16(19)7-8-17(15)22/h3-10,12,22H,11H2,1-2H3,(H,21,23)/b20-10+. The molecule has 0 aliphatic rings. The second-order valence-electron chi connectivity index (χ2n) is 5.46. The molecule has 0 fully saturated rings. The normalized spacial score (nSPS) is 11.2. The number of carbonyl (C=O) groups excluding carboxylic acids is 1. The van der Waals surface area contributed by atoms with Crippen molar-refractivity contribution in [2.24, 2.45) is 5.10 Å².